The van der Waals surface area contributed by atoms with Crippen molar-refractivity contribution in [2.75, 3.05) is 12.1 Å². The van der Waals surface area contributed by atoms with Crippen LogP contribution in [0.3, 0.4) is 0 Å². The maximum atomic E-state index is 12.4. The molecule has 118 valence electrons. The van der Waals surface area contributed by atoms with Crippen molar-refractivity contribution in [1.29, 1.82) is 0 Å². The molecule has 1 atom stereocenters. The second-order valence-corrected chi connectivity index (χ2v) is 5.88. The topological polar surface area (TPSA) is 85.3 Å². The van der Waals surface area contributed by atoms with E-state index < -0.39 is 0 Å². The number of rotatable bonds is 1. The van der Waals surface area contributed by atoms with Crippen LogP contribution in [0.5, 0.6) is 11.5 Å². The molecule has 1 unspecified atom stereocenters. The summed E-state index contributed by atoms with van der Waals surface area (Å²) in [6, 6.07) is 5.46. The molecule has 2 aromatic rings. The van der Waals surface area contributed by atoms with Crippen LogP contribution in [-0.4, -0.2) is 22.3 Å². The summed E-state index contributed by atoms with van der Waals surface area (Å²) in [5, 5.41) is 2.74. The van der Waals surface area contributed by atoms with Crippen molar-refractivity contribution < 1.29 is 14.3 Å². The van der Waals surface area contributed by atoms with E-state index in [1.807, 2.05) is 12.1 Å². The summed E-state index contributed by atoms with van der Waals surface area (Å²) in [6.45, 7) is 0.176. The van der Waals surface area contributed by atoms with Crippen molar-refractivity contribution in [1.82, 2.24) is 9.55 Å². The van der Waals surface area contributed by atoms with Crippen LogP contribution in [0.2, 0.25) is 0 Å². The van der Waals surface area contributed by atoms with E-state index >= 15 is 0 Å². The smallest absolute Gasteiger partial charge is 0.257 e. The molecule has 0 aliphatic carbocycles. The molecule has 1 aromatic heterocycles. The highest BCUT2D eigenvalue weighted by molar-refractivity contribution is 7.71. The molecular weight excluding hydrogens is 318 g/mol. The van der Waals surface area contributed by atoms with E-state index in [0.29, 0.717) is 22.9 Å². The number of carbonyl (C=O) groups is 1. The fraction of sp³-hybridized carbons (Fsp3) is 0.267. The molecule has 2 aliphatic heterocycles. The zero-order valence-electron chi connectivity index (χ0n) is 12.2. The van der Waals surface area contributed by atoms with Gasteiger partial charge in [0.05, 0.1) is 5.56 Å². The highest BCUT2D eigenvalue weighted by Crippen LogP contribution is 2.39. The summed E-state index contributed by atoms with van der Waals surface area (Å²) < 4.78 is 12.6. The summed E-state index contributed by atoms with van der Waals surface area (Å²) in [5.41, 5.74) is 1.04. The predicted octanol–water partition coefficient (Wildman–Crippen LogP) is 1.65. The number of hydrogen-bond acceptors (Lipinski definition) is 5. The standard InChI is InChI=1S/C15H13N3O4S/c1-18-13-12(14(20)17-15(18)23)8(5-11(19)16-13)7-2-3-9-10(4-7)22-6-21-9/h2-4,8H,5-6H2,1H3,(H,16,19)(H,17,20,23). The van der Waals surface area contributed by atoms with Crippen LogP contribution < -0.4 is 20.3 Å². The van der Waals surface area contributed by atoms with E-state index in [1.54, 1.807) is 17.7 Å². The Morgan fingerprint density at radius 2 is 2.04 bits per heavy atom. The molecule has 0 saturated heterocycles. The number of benzene rings is 1. The second kappa shape index (κ2) is 4.95. The maximum absolute atomic E-state index is 12.4. The minimum atomic E-state index is -0.362. The summed E-state index contributed by atoms with van der Waals surface area (Å²) in [6.07, 6.45) is 0.187. The van der Waals surface area contributed by atoms with Crippen LogP contribution in [0, 0.1) is 4.77 Å². The molecule has 2 aliphatic rings. The number of anilines is 1. The molecular formula is C15H13N3O4S. The zero-order valence-corrected chi connectivity index (χ0v) is 13.0. The maximum Gasteiger partial charge on any atom is 0.257 e. The number of aromatic amines is 1. The van der Waals surface area contributed by atoms with Crippen LogP contribution >= 0.6 is 12.2 Å². The fourth-order valence-corrected chi connectivity index (χ4v) is 3.18. The predicted molar refractivity (Wildman–Crippen MR) is 84.5 cm³/mol. The van der Waals surface area contributed by atoms with E-state index in [-0.39, 0.29) is 35.4 Å². The molecule has 0 spiro atoms. The Bertz CT molecular complexity index is 947. The van der Waals surface area contributed by atoms with Gasteiger partial charge in [0.15, 0.2) is 16.3 Å². The average molecular weight is 331 g/mol. The molecule has 3 heterocycles. The van der Waals surface area contributed by atoms with E-state index in [9.17, 15) is 9.59 Å². The van der Waals surface area contributed by atoms with Crippen molar-refractivity contribution in [3.63, 3.8) is 0 Å². The molecule has 7 nitrogen and oxygen atoms in total. The number of nitrogens with one attached hydrogen (secondary N) is 2. The Balaban J connectivity index is 1.92. The fourth-order valence-electron chi connectivity index (χ4n) is 3.00. The monoisotopic (exact) mass is 331 g/mol. The SMILES string of the molecule is Cn1c2c(c(=O)[nH]c1=S)C(c1ccc3c(c1)OCO3)CC(=O)N2. The van der Waals surface area contributed by atoms with Gasteiger partial charge in [-0.2, -0.15) is 0 Å². The van der Waals surface area contributed by atoms with Gasteiger partial charge in [-0.05, 0) is 29.9 Å². The summed E-state index contributed by atoms with van der Waals surface area (Å²) in [4.78, 5) is 27.2. The van der Waals surface area contributed by atoms with Gasteiger partial charge in [-0.15, -0.1) is 0 Å². The second-order valence-electron chi connectivity index (χ2n) is 5.50. The molecule has 0 bridgehead atoms. The van der Waals surface area contributed by atoms with Crippen molar-refractivity contribution in [2.45, 2.75) is 12.3 Å². The molecule has 4 rings (SSSR count). The lowest BCUT2D eigenvalue weighted by molar-refractivity contribution is -0.116. The summed E-state index contributed by atoms with van der Waals surface area (Å²) in [7, 11) is 1.71. The molecule has 0 radical (unpaired) electrons. The van der Waals surface area contributed by atoms with E-state index in [4.69, 9.17) is 21.7 Å². The van der Waals surface area contributed by atoms with Crippen LogP contribution in [0.15, 0.2) is 23.0 Å². The lowest BCUT2D eigenvalue weighted by Crippen LogP contribution is -2.33. The minimum absolute atomic E-state index is 0.157. The van der Waals surface area contributed by atoms with Gasteiger partial charge in [0.2, 0.25) is 12.7 Å². The minimum Gasteiger partial charge on any atom is -0.454 e. The quantitative estimate of drug-likeness (QED) is 0.776. The Morgan fingerprint density at radius 1 is 1.26 bits per heavy atom. The first-order valence-electron chi connectivity index (χ1n) is 7.07. The number of carbonyl (C=O) groups excluding carboxylic acids is 1. The molecule has 0 fully saturated rings. The number of nitrogens with zero attached hydrogens (tertiary/aromatic N) is 1. The normalized spacial score (nSPS) is 18.5. The van der Waals surface area contributed by atoms with Crippen LogP contribution in [0.1, 0.15) is 23.5 Å². The highest BCUT2D eigenvalue weighted by atomic mass is 32.1. The zero-order chi connectivity index (χ0) is 16.1. The van der Waals surface area contributed by atoms with Gasteiger partial charge in [-0.3, -0.25) is 14.6 Å². The number of aromatic nitrogens is 2. The van der Waals surface area contributed by atoms with Gasteiger partial charge in [0.25, 0.3) is 5.56 Å². The van der Waals surface area contributed by atoms with Gasteiger partial charge in [0, 0.05) is 19.4 Å². The van der Waals surface area contributed by atoms with Crippen LogP contribution in [0.4, 0.5) is 5.82 Å². The summed E-state index contributed by atoms with van der Waals surface area (Å²) in [5.74, 6) is 1.21. The van der Waals surface area contributed by atoms with Gasteiger partial charge in [-0.25, -0.2) is 0 Å². The summed E-state index contributed by atoms with van der Waals surface area (Å²) >= 11 is 5.10. The first-order chi connectivity index (χ1) is 11.0. The third-order valence-corrected chi connectivity index (χ3v) is 4.53. The number of amides is 1. The molecule has 1 amide bonds. The Labute approximate surface area is 135 Å². The first-order valence-corrected chi connectivity index (χ1v) is 7.48. The number of fused-ring (bicyclic) bond motifs is 2. The van der Waals surface area contributed by atoms with Gasteiger partial charge < -0.3 is 19.4 Å². The van der Waals surface area contributed by atoms with E-state index in [1.165, 1.54) is 0 Å². The molecule has 8 heteroatoms. The molecule has 23 heavy (non-hydrogen) atoms. The Kier molecular flexibility index (Phi) is 3.02. The van der Waals surface area contributed by atoms with Crippen molar-refractivity contribution >= 4 is 23.9 Å². The first kappa shape index (κ1) is 14.0. The van der Waals surface area contributed by atoms with Crippen molar-refractivity contribution in [3.05, 3.63) is 44.5 Å². The van der Waals surface area contributed by atoms with E-state index in [0.717, 1.165) is 5.56 Å². The van der Waals surface area contributed by atoms with Gasteiger partial charge >= 0.3 is 0 Å². The largest absolute Gasteiger partial charge is 0.454 e. The van der Waals surface area contributed by atoms with Crippen LogP contribution in [0.25, 0.3) is 0 Å². The molecule has 2 N–H and O–H groups in total. The molecule has 0 saturated carbocycles. The number of ether oxygens (including phenoxy) is 2. The van der Waals surface area contributed by atoms with Crippen LogP contribution in [-0.2, 0) is 11.8 Å². The Hall–Kier alpha value is -2.61. The van der Waals surface area contributed by atoms with Gasteiger partial charge in [0.1, 0.15) is 5.82 Å². The van der Waals surface area contributed by atoms with Crippen molar-refractivity contribution in [3.8, 4) is 11.5 Å². The lowest BCUT2D eigenvalue weighted by atomic mass is 9.86. The van der Waals surface area contributed by atoms with Gasteiger partial charge in [-0.1, -0.05) is 6.07 Å². The van der Waals surface area contributed by atoms with E-state index in [2.05, 4.69) is 10.3 Å². The number of H-pyrrole nitrogens is 1. The van der Waals surface area contributed by atoms with Crippen molar-refractivity contribution in [2.24, 2.45) is 7.05 Å². The average Bonchev–Trinajstić information content (AvgIpc) is 2.99. The third-order valence-electron chi connectivity index (χ3n) is 4.16. The number of hydrogen-bond donors (Lipinski definition) is 2. The lowest BCUT2D eigenvalue weighted by Gasteiger charge is -2.26. The molecule has 1 aromatic carbocycles. The Morgan fingerprint density at radius 3 is 2.87 bits per heavy atom. The highest BCUT2D eigenvalue weighted by Gasteiger charge is 2.32. The third kappa shape index (κ3) is 2.14.